The van der Waals surface area contributed by atoms with Crippen LogP contribution < -0.4 is 0 Å². The van der Waals surface area contributed by atoms with Crippen molar-refractivity contribution in [2.45, 2.75) is 18.9 Å². The summed E-state index contributed by atoms with van der Waals surface area (Å²) in [6.07, 6.45) is 6.76. The van der Waals surface area contributed by atoms with Crippen LogP contribution >= 0.6 is 11.6 Å². The molecule has 1 aliphatic heterocycles. The topological polar surface area (TPSA) is 67.3 Å². The Balaban J connectivity index is 1.73. The lowest BCUT2D eigenvalue weighted by molar-refractivity contribution is -0.128. The molecule has 1 unspecified atom stereocenters. The van der Waals surface area contributed by atoms with Crippen LogP contribution in [-0.2, 0) is 14.6 Å². The van der Waals surface area contributed by atoms with Crippen LogP contribution in [0.15, 0.2) is 24.4 Å². The second-order valence-corrected chi connectivity index (χ2v) is 8.41. The highest BCUT2D eigenvalue weighted by molar-refractivity contribution is 7.91. The summed E-state index contributed by atoms with van der Waals surface area (Å²) < 4.78 is 23.6. The zero-order chi connectivity index (χ0) is 15.7. The first kappa shape index (κ1) is 15.5. The van der Waals surface area contributed by atoms with Gasteiger partial charge in [-0.15, -0.1) is 0 Å². The second kappa shape index (κ2) is 6.01. The quantitative estimate of drug-likeness (QED) is 0.621. The molecule has 0 aromatic carbocycles. The largest absolute Gasteiger partial charge is 0.334 e. The lowest BCUT2D eigenvalue weighted by atomic mass is 10.1. The molecule has 118 valence electrons. The fraction of sp³-hybridized carbons (Fsp3) is 0.467. The Morgan fingerprint density at radius 3 is 2.86 bits per heavy atom. The maximum atomic E-state index is 12.4. The number of sulfone groups is 1. The number of halogens is 1. The molecular formula is C15H17ClN2O3S. The molecule has 0 spiro atoms. The summed E-state index contributed by atoms with van der Waals surface area (Å²) in [5.74, 6) is 0.345. The van der Waals surface area contributed by atoms with E-state index in [0.717, 1.165) is 18.4 Å². The van der Waals surface area contributed by atoms with E-state index < -0.39 is 9.84 Å². The minimum Gasteiger partial charge on any atom is -0.334 e. The monoisotopic (exact) mass is 340 g/mol. The van der Waals surface area contributed by atoms with Crippen molar-refractivity contribution in [2.24, 2.45) is 5.92 Å². The van der Waals surface area contributed by atoms with Gasteiger partial charge in [-0.3, -0.25) is 4.79 Å². The summed E-state index contributed by atoms with van der Waals surface area (Å²) in [5, 5.41) is 0.370. The van der Waals surface area contributed by atoms with E-state index >= 15 is 0 Å². The molecule has 1 aliphatic carbocycles. The van der Waals surface area contributed by atoms with Crippen LogP contribution in [0.25, 0.3) is 6.08 Å². The van der Waals surface area contributed by atoms with Crippen LogP contribution in [0.1, 0.15) is 18.4 Å². The van der Waals surface area contributed by atoms with Gasteiger partial charge in [0.15, 0.2) is 9.84 Å². The normalized spacial score (nSPS) is 24.6. The fourth-order valence-electron chi connectivity index (χ4n) is 2.77. The maximum Gasteiger partial charge on any atom is 0.246 e. The molecule has 1 amide bonds. The van der Waals surface area contributed by atoms with Crippen molar-refractivity contribution in [2.75, 3.05) is 18.1 Å². The molecule has 22 heavy (non-hydrogen) atoms. The smallest absolute Gasteiger partial charge is 0.246 e. The SMILES string of the molecule is O=C(/C=C/c1ccnc(Cl)c1)N1CCS(=O)(=O)CC1C1CC1. The van der Waals surface area contributed by atoms with Gasteiger partial charge in [-0.05, 0) is 42.5 Å². The van der Waals surface area contributed by atoms with Crippen LogP contribution in [-0.4, -0.2) is 48.3 Å². The Morgan fingerprint density at radius 2 is 2.18 bits per heavy atom. The lowest BCUT2D eigenvalue weighted by Gasteiger charge is -2.35. The first-order valence-corrected chi connectivity index (χ1v) is 9.45. The first-order chi connectivity index (χ1) is 10.4. The van der Waals surface area contributed by atoms with Crippen molar-refractivity contribution < 1.29 is 13.2 Å². The Hall–Kier alpha value is -1.40. The van der Waals surface area contributed by atoms with Gasteiger partial charge in [0.1, 0.15) is 5.15 Å². The van der Waals surface area contributed by atoms with Crippen LogP contribution in [0, 0.1) is 5.92 Å². The third kappa shape index (κ3) is 3.67. The Bertz CT molecular complexity index is 713. The van der Waals surface area contributed by atoms with Crippen molar-refractivity contribution in [1.29, 1.82) is 0 Å². The summed E-state index contributed by atoms with van der Waals surface area (Å²) in [7, 11) is -3.02. The van der Waals surface area contributed by atoms with Crippen LogP contribution in [0.4, 0.5) is 0 Å². The molecule has 0 radical (unpaired) electrons. The predicted molar refractivity (Wildman–Crippen MR) is 85.2 cm³/mol. The molecule has 7 heteroatoms. The number of rotatable bonds is 3. The number of amides is 1. The highest BCUT2D eigenvalue weighted by Crippen LogP contribution is 2.37. The van der Waals surface area contributed by atoms with E-state index in [2.05, 4.69) is 4.98 Å². The predicted octanol–water partition coefficient (Wildman–Crippen LogP) is 1.78. The molecule has 1 aromatic heterocycles. The highest BCUT2D eigenvalue weighted by atomic mass is 35.5. The van der Waals surface area contributed by atoms with Crippen LogP contribution in [0.3, 0.4) is 0 Å². The summed E-state index contributed by atoms with van der Waals surface area (Å²) in [6, 6.07) is 3.26. The Labute approximate surface area is 134 Å². The summed E-state index contributed by atoms with van der Waals surface area (Å²) in [6.45, 7) is 0.282. The molecule has 0 bridgehead atoms. The van der Waals surface area contributed by atoms with Gasteiger partial charge >= 0.3 is 0 Å². The van der Waals surface area contributed by atoms with Gasteiger partial charge in [-0.25, -0.2) is 13.4 Å². The van der Waals surface area contributed by atoms with Crippen molar-refractivity contribution in [3.05, 3.63) is 35.1 Å². The first-order valence-electron chi connectivity index (χ1n) is 7.25. The number of hydrogen-bond donors (Lipinski definition) is 0. The average molecular weight is 341 g/mol. The van der Waals surface area contributed by atoms with Crippen LogP contribution in [0.5, 0.6) is 0 Å². The van der Waals surface area contributed by atoms with Gasteiger partial charge in [0.2, 0.25) is 5.91 Å². The molecule has 2 aliphatic rings. The number of pyridine rings is 1. The number of carbonyl (C=O) groups is 1. The summed E-state index contributed by atoms with van der Waals surface area (Å²) in [5.41, 5.74) is 0.793. The summed E-state index contributed by atoms with van der Waals surface area (Å²) in [4.78, 5) is 18.0. The third-order valence-electron chi connectivity index (χ3n) is 4.09. The van der Waals surface area contributed by atoms with E-state index in [1.165, 1.54) is 6.08 Å². The Morgan fingerprint density at radius 1 is 1.41 bits per heavy atom. The average Bonchev–Trinajstić information content (AvgIpc) is 3.28. The molecule has 0 N–H and O–H groups in total. The van der Waals surface area contributed by atoms with Gasteiger partial charge in [0.25, 0.3) is 0 Å². The second-order valence-electron chi connectivity index (χ2n) is 5.80. The van der Waals surface area contributed by atoms with Crippen LogP contribution in [0.2, 0.25) is 5.15 Å². The lowest BCUT2D eigenvalue weighted by Crippen LogP contribution is -2.51. The van der Waals surface area contributed by atoms with E-state index in [9.17, 15) is 13.2 Å². The minimum absolute atomic E-state index is 0.0525. The molecule has 1 aromatic rings. The molecule has 2 fully saturated rings. The fourth-order valence-corrected chi connectivity index (χ4v) is 4.56. The van der Waals surface area contributed by atoms with Gasteiger partial charge in [-0.1, -0.05) is 11.6 Å². The highest BCUT2D eigenvalue weighted by Gasteiger charge is 2.42. The maximum absolute atomic E-state index is 12.4. The molecule has 2 heterocycles. The van der Waals surface area contributed by atoms with E-state index in [1.54, 1.807) is 29.3 Å². The molecule has 1 saturated carbocycles. The standard InChI is InChI=1S/C15H17ClN2O3S/c16-14-9-11(5-6-17-14)1-4-15(19)18-7-8-22(20,21)10-13(18)12-2-3-12/h1,4-6,9,12-13H,2-3,7-8,10H2/b4-1+. The zero-order valence-electron chi connectivity index (χ0n) is 12.0. The van der Waals surface area contributed by atoms with E-state index in [1.807, 2.05) is 0 Å². The molecule has 1 saturated heterocycles. The molecule has 5 nitrogen and oxygen atoms in total. The Kier molecular flexibility index (Phi) is 4.23. The molecule has 3 rings (SSSR count). The van der Waals surface area contributed by atoms with Gasteiger partial charge < -0.3 is 4.90 Å². The molecular weight excluding hydrogens is 324 g/mol. The minimum atomic E-state index is -3.02. The van der Waals surface area contributed by atoms with Crippen molar-refractivity contribution in [3.63, 3.8) is 0 Å². The van der Waals surface area contributed by atoms with Gasteiger partial charge in [0.05, 0.1) is 11.5 Å². The number of hydrogen-bond acceptors (Lipinski definition) is 4. The number of carbonyl (C=O) groups excluding carboxylic acids is 1. The van der Waals surface area contributed by atoms with Gasteiger partial charge in [0, 0.05) is 24.9 Å². The number of nitrogens with zero attached hydrogens (tertiary/aromatic N) is 2. The van der Waals surface area contributed by atoms with E-state index in [-0.39, 0.29) is 30.0 Å². The zero-order valence-corrected chi connectivity index (χ0v) is 13.6. The number of aromatic nitrogens is 1. The summed E-state index contributed by atoms with van der Waals surface area (Å²) >= 11 is 5.81. The van der Waals surface area contributed by atoms with Gasteiger partial charge in [-0.2, -0.15) is 0 Å². The van der Waals surface area contributed by atoms with E-state index in [0.29, 0.717) is 11.1 Å². The van der Waals surface area contributed by atoms with E-state index in [4.69, 9.17) is 11.6 Å². The van der Waals surface area contributed by atoms with Crippen molar-refractivity contribution in [1.82, 2.24) is 9.88 Å². The van der Waals surface area contributed by atoms with Crippen molar-refractivity contribution in [3.8, 4) is 0 Å². The molecule has 1 atom stereocenters. The van der Waals surface area contributed by atoms with Crippen molar-refractivity contribution >= 4 is 33.4 Å². The third-order valence-corrected chi connectivity index (χ3v) is 5.95.